The van der Waals surface area contributed by atoms with E-state index in [2.05, 4.69) is 17.2 Å². The SMILES string of the molecule is CCCNC(C)(CCCn1ccnc1)C(N)=O. The molecular formula is C12H22N4O. The fourth-order valence-corrected chi connectivity index (χ4v) is 1.73. The minimum Gasteiger partial charge on any atom is -0.368 e. The van der Waals surface area contributed by atoms with Gasteiger partial charge in [0.1, 0.15) is 0 Å². The summed E-state index contributed by atoms with van der Waals surface area (Å²) in [5.41, 5.74) is 4.85. The Hall–Kier alpha value is -1.36. The second kappa shape index (κ2) is 6.39. The Kier molecular flexibility index (Phi) is 5.15. The molecule has 5 heteroatoms. The number of rotatable bonds is 8. The number of nitrogens with one attached hydrogen (secondary N) is 1. The Morgan fingerprint density at radius 3 is 2.88 bits per heavy atom. The first-order chi connectivity index (χ1) is 8.08. The topological polar surface area (TPSA) is 72.9 Å². The first-order valence-electron chi connectivity index (χ1n) is 6.09. The zero-order chi connectivity index (χ0) is 12.7. The molecule has 1 unspecified atom stereocenters. The minimum absolute atomic E-state index is 0.281. The van der Waals surface area contributed by atoms with Crippen molar-refractivity contribution in [2.75, 3.05) is 6.54 Å². The van der Waals surface area contributed by atoms with Crippen molar-refractivity contribution >= 4 is 5.91 Å². The van der Waals surface area contributed by atoms with Gasteiger partial charge in [-0.3, -0.25) is 4.79 Å². The smallest absolute Gasteiger partial charge is 0.237 e. The van der Waals surface area contributed by atoms with Crippen molar-refractivity contribution in [3.8, 4) is 0 Å². The second-order valence-electron chi connectivity index (χ2n) is 4.53. The fourth-order valence-electron chi connectivity index (χ4n) is 1.73. The predicted molar refractivity (Wildman–Crippen MR) is 67.4 cm³/mol. The van der Waals surface area contributed by atoms with Crippen molar-refractivity contribution in [3.63, 3.8) is 0 Å². The van der Waals surface area contributed by atoms with Crippen LogP contribution in [0.25, 0.3) is 0 Å². The maximum Gasteiger partial charge on any atom is 0.237 e. The molecular weight excluding hydrogens is 216 g/mol. The molecule has 0 radical (unpaired) electrons. The van der Waals surface area contributed by atoms with E-state index in [4.69, 9.17) is 5.73 Å². The third kappa shape index (κ3) is 4.19. The van der Waals surface area contributed by atoms with Gasteiger partial charge in [-0.1, -0.05) is 6.92 Å². The molecule has 0 spiro atoms. The van der Waals surface area contributed by atoms with Crippen LogP contribution in [-0.2, 0) is 11.3 Å². The number of primary amides is 1. The van der Waals surface area contributed by atoms with Crippen LogP contribution in [0.4, 0.5) is 0 Å². The number of imidazole rings is 1. The summed E-state index contributed by atoms with van der Waals surface area (Å²) in [5, 5.41) is 3.23. The van der Waals surface area contributed by atoms with E-state index >= 15 is 0 Å². The van der Waals surface area contributed by atoms with Crippen LogP contribution >= 0.6 is 0 Å². The molecule has 0 aliphatic carbocycles. The highest BCUT2D eigenvalue weighted by molar-refractivity contribution is 5.84. The molecule has 5 nitrogen and oxygen atoms in total. The van der Waals surface area contributed by atoms with Gasteiger partial charge in [0.05, 0.1) is 11.9 Å². The van der Waals surface area contributed by atoms with E-state index in [-0.39, 0.29) is 5.91 Å². The van der Waals surface area contributed by atoms with Gasteiger partial charge in [-0.15, -0.1) is 0 Å². The molecule has 0 bridgehead atoms. The summed E-state index contributed by atoms with van der Waals surface area (Å²) in [6.45, 7) is 5.61. The molecule has 0 saturated carbocycles. The monoisotopic (exact) mass is 238 g/mol. The van der Waals surface area contributed by atoms with Crippen LogP contribution in [0.3, 0.4) is 0 Å². The number of nitrogens with zero attached hydrogens (tertiary/aromatic N) is 2. The molecule has 1 aromatic heterocycles. The van der Waals surface area contributed by atoms with E-state index in [0.29, 0.717) is 0 Å². The standard InChI is InChI=1S/C12H22N4O/c1-3-6-15-12(2,11(13)17)5-4-8-16-9-7-14-10-16/h7,9-10,15H,3-6,8H2,1-2H3,(H2,13,17). The van der Waals surface area contributed by atoms with Crippen molar-refractivity contribution in [1.82, 2.24) is 14.9 Å². The highest BCUT2D eigenvalue weighted by Crippen LogP contribution is 2.12. The number of hydrogen-bond donors (Lipinski definition) is 2. The zero-order valence-electron chi connectivity index (χ0n) is 10.6. The lowest BCUT2D eigenvalue weighted by Crippen LogP contribution is -2.53. The predicted octanol–water partition coefficient (Wildman–Crippen LogP) is 0.907. The van der Waals surface area contributed by atoms with Crippen LogP contribution in [0.5, 0.6) is 0 Å². The molecule has 96 valence electrons. The molecule has 0 aromatic carbocycles. The Labute approximate surface area is 102 Å². The van der Waals surface area contributed by atoms with E-state index < -0.39 is 5.54 Å². The molecule has 0 fully saturated rings. The fraction of sp³-hybridized carbons (Fsp3) is 0.667. The number of carbonyl (C=O) groups is 1. The lowest BCUT2D eigenvalue weighted by Gasteiger charge is -2.27. The van der Waals surface area contributed by atoms with Crippen LogP contribution in [0.2, 0.25) is 0 Å². The molecule has 0 aliphatic heterocycles. The molecule has 0 saturated heterocycles. The van der Waals surface area contributed by atoms with Crippen molar-refractivity contribution in [3.05, 3.63) is 18.7 Å². The summed E-state index contributed by atoms with van der Waals surface area (Å²) in [5.74, 6) is -0.281. The highest BCUT2D eigenvalue weighted by Gasteiger charge is 2.29. The molecule has 1 atom stereocenters. The Morgan fingerprint density at radius 1 is 1.59 bits per heavy atom. The highest BCUT2D eigenvalue weighted by atomic mass is 16.1. The molecule has 1 amide bonds. The van der Waals surface area contributed by atoms with E-state index in [1.807, 2.05) is 17.7 Å². The van der Waals surface area contributed by atoms with Crippen molar-refractivity contribution < 1.29 is 4.79 Å². The Balaban J connectivity index is 2.41. The minimum atomic E-state index is -0.601. The van der Waals surface area contributed by atoms with Crippen molar-refractivity contribution in [1.29, 1.82) is 0 Å². The number of carbonyl (C=O) groups excluding carboxylic acids is 1. The summed E-state index contributed by atoms with van der Waals surface area (Å²) >= 11 is 0. The first kappa shape index (κ1) is 13.7. The van der Waals surface area contributed by atoms with Gasteiger partial charge in [0.25, 0.3) is 0 Å². The molecule has 0 aliphatic rings. The zero-order valence-corrected chi connectivity index (χ0v) is 10.6. The third-order valence-electron chi connectivity index (χ3n) is 2.96. The summed E-state index contributed by atoms with van der Waals surface area (Å²) in [6, 6.07) is 0. The molecule has 3 N–H and O–H groups in total. The number of amides is 1. The number of hydrogen-bond acceptors (Lipinski definition) is 3. The maximum atomic E-state index is 11.5. The quantitative estimate of drug-likeness (QED) is 0.707. The number of aromatic nitrogens is 2. The lowest BCUT2D eigenvalue weighted by atomic mass is 9.94. The summed E-state index contributed by atoms with van der Waals surface area (Å²) in [6.07, 6.45) is 8.07. The molecule has 1 heterocycles. The number of aryl methyl sites for hydroxylation is 1. The van der Waals surface area contributed by atoms with E-state index in [0.717, 1.165) is 32.4 Å². The molecule has 17 heavy (non-hydrogen) atoms. The van der Waals surface area contributed by atoms with Gasteiger partial charge in [-0.05, 0) is 32.7 Å². The van der Waals surface area contributed by atoms with E-state index in [1.165, 1.54) is 0 Å². The summed E-state index contributed by atoms with van der Waals surface area (Å²) in [4.78, 5) is 15.4. The van der Waals surface area contributed by atoms with Gasteiger partial charge in [0.2, 0.25) is 5.91 Å². The average Bonchev–Trinajstić information content (AvgIpc) is 2.79. The number of nitrogens with two attached hydrogens (primary N) is 1. The first-order valence-corrected chi connectivity index (χ1v) is 6.09. The van der Waals surface area contributed by atoms with Crippen molar-refractivity contribution in [2.45, 2.75) is 45.2 Å². The van der Waals surface area contributed by atoms with Gasteiger partial charge >= 0.3 is 0 Å². The summed E-state index contributed by atoms with van der Waals surface area (Å²) < 4.78 is 2.00. The molecule has 1 rings (SSSR count). The normalized spacial score (nSPS) is 14.5. The van der Waals surface area contributed by atoms with E-state index in [9.17, 15) is 4.79 Å². The van der Waals surface area contributed by atoms with Gasteiger partial charge in [-0.2, -0.15) is 0 Å². The third-order valence-corrected chi connectivity index (χ3v) is 2.96. The van der Waals surface area contributed by atoms with Crippen LogP contribution in [0.15, 0.2) is 18.7 Å². The Morgan fingerprint density at radius 2 is 2.35 bits per heavy atom. The molecule has 1 aromatic rings. The Bertz CT molecular complexity index is 336. The lowest BCUT2D eigenvalue weighted by molar-refractivity contribution is -0.124. The maximum absolute atomic E-state index is 11.5. The van der Waals surface area contributed by atoms with Crippen LogP contribution in [0, 0.1) is 0 Å². The van der Waals surface area contributed by atoms with Gasteiger partial charge in [0.15, 0.2) is 0 Å². The summed E-state index contributed by atoms with van der Waals surface area (Å²) in [7, 11) is 0. The van der Waals surface area contributed by atoms with Crippen LogP contribution in [0.1, 0.15) is 33.1 Å². The van der Waals surface area contributed by atoms with Crippen LogP contribution in [-0.4, -0.2) is 27.5 Å². The van der Waals surface area contributed by atoms with E-state index in [1.54, 1.807) is 12.5 Å². The largest absolute Gasteiger partial charge is 0.368 e. The van der Waals surface area contributed by atoms with Gasteiger partial charge in [0, 0.05) is 18.9 Å². The van der Waals surface area contributed by atoms with Gasteiger partial charge < -0.3 is 15.6 Å². The van der Waals surface area contributed by atoms with Gasteiger partial charge in [-0.25, -0.2) is 4.98 Å². The van der Waals surface area contributed by atoms with Crippen molar-refractivity contribution in [2.24, 2.45) is 5.73 Å². The van der Waals surface area contributed by atoms with Crippen LogP contribution < -0.4 is 11.1 Å². The second-order valence-corrected chi connectivity index (χ2v) is 4.53. The average molecular weight is 238 g/mol.